The Morgan fingerprint density at radius 2 is 1.85 bits per heavy atom. The van der Waals surface area contributed by atoms with Crippen molar-refractivity contribution >= 4 is 21.6 Å². The lowest BCUT2D eigenvalue weighted by atomic mass is 9.99. The second-order valence-electron chi connectivity index (χ2n) is 10.2. The van der Waals surface area contributed by atoms with E-state index in [4.69, 9.17) is 9.47 Å². The molecule has 1 fully saturated rings. The average molecular weight is 583 g/mol. The van der Waals surface area contributed by atoms with Gasteiger partial charge in [0.2, 0.25) is 0 Å². The Morgan fingerprint density at radius 3 is 2.54 bits per heavy atom. The molecule has 1 saturated heterocycles. The Hall–Kier alpha value is -3.61. The van der Waals surface area contributed by atoms with Crippen LogP contribution in [0.5, 0.6) is 11.5 Å². The van der Waals surface area contributed by atoms with Crippen LogP contribution in [0.15, 0.2) is 53.9 Å². The fourth-order valence-electron chi connectivity index (χ4n) is 5.72. The van der Waals surface area contributed by atoms with Crippen molar-refractivity contribution in [2.45, 2.75) is 37.4 Å². The summed E-state index contributed by atoms with van der Waals surface area (Å²) in [7, 11) is -0.519. The number of H-pyrrole nitrogens is 1. The number of anilines is 1. The molecular formula is C29H38N6O5S. The number of likely N-dealkylation sites (N-methyl/N-ethyl adjacent to an activating group) is 1. The molecule has 0 spiro atoms. The summed E-state index contributed by atoms with van der Waals surface area (Å²) in [4.78, 5) is 27.0. The fraction of sp³-hybridized carbons (Fsp3) is 0.448. The van der Waals surface area contributed by atoms with Crippen molar-refractivity contribution < 1.29 is 22.7 Å². The molecule has 0 unspecified atom stereocenters. The Labute approximate surface area is 241 Å². The number of fused-ring (bicyclic) bond motifs is 1. The van der Waals surface area contributed by atoms with Gasteiger partial charge in [-0.15, -0.1) is 0 Å². The molecule has 2 aliphatic rings. The number of sulfonamides is 1. The largest absolute Gasteiger partial charge is 0.493 e. The molecule has 1 amide bonds. The molecule has 41 heavy (non-hydrogen) atoms. The van der Waals surface area contributed by atoms with Gasteiger partial charge < -0.3 is 29.2 Å². The van der Waals surface area contributed by atoms with E-state index >= 15 is 0 Å². The van der Waals surface area contributed by atoms with Crippen LogP contribution in [0.4, 0.5) is 5.69 Å². The third-order valence-electron chi connectivity index (χ3n) is 8.01. The second kappa shape index (κ2) is 12.5. The average Bonchev–Trinajstić information content (AvgIpc) is 3.66. The smallest absolute Gasteiger partial charge is 0.257 e. The number of imidazole rings is 1. The first kappa shape index (κ1) is 28.9. The maximum Gasteiger partial charge on any atom is 0.257 e. The van der Waals surface area contributed by atoms with Gasteiger partial charge >= 0.3 is 0 Å². The van der Waals surface area contributed by atoms with Crippen LogP contribution in [0.25, 0.3) is 0 Å². The fourth-order valence-corrected chi connectivity index (χ4v) is 6.70. The molecule has 1 atom stereocenters. The van der Waals surface area contributed by atoms with E-state index < -0.39 is 10.0 Å². The molecule has 0 radical (unpaired) electrons. The molecule has 1 aromatic heterocycles. The van der Waals surface area contributed by atoms with Gasteiger partial charge in [-0.2, -0.15) is 0 Å². The van der Waals surface area contributed by atoms with Crippen LogP contribution in [0, 0.1) is 0 Å². The number of carbonyl (C=O) groups excluding carboxylic acids is 1. The molecule has 3 aromatic rings. The standard InChI is InChI=1S/C29H38N6O5S/c1-4-33-13-15-34(16-14-33)25-8-5-7-22-23(25)19-35(29(22)36)24(21-10-11-26(39-2)27(17-21)40-3)9-6-12-32-41(37,38)28-18-30-20-31-28/h5,7-8,10-11,17-18,20,24,32H,4,6,9,12-16,19H2,1-3H3,(H,30,31)/t24-/m1/s1. The van der Waals surface area contributed by atoms with Gasteiger partial charge in [0, 0.05) is 56.1 Å². The molecule has 11 nitrogen and oxygen atoms in total. The zero-order chi connectivity index (χ0) is 29.0. The number of hydrogen-bond donors (Lipinski definition) is 2. The zero-order valence-electron chi connectivity index (χ0n) is 23.8. The van der Waals surface area contributed by atoms with Gasteiger partial charge in [-0.1, -0.05) is 19.1 Å². The van der Waals surface area contributed by atoms with Gasteiger partial charge in [0.05, 0.1) is 32.8 Å². The monoisotopic (exact) mass is 582 g/mol. The van der Waals surface area contributed by atoms with E-state index in [1.54, 1.807) is 14.2 Å². The number of aromatic amines is 1. The summed E-state index contributed by atoms with van der Waals surface area (Å²) in [5, 5.41) is 0.0198. The minimum absolute atomic E-state index is 0.0198. The van der Waals surface area contributed by atoms with Crippen LogP contribution in [0.1, 0.15) is 47.3 Å². The van der Waals surface area contributed by atoms with Crippen molar-refractivity contribution in [3.05, 3.63) is 65.6 Å². The predicted molar refractivity (Wildman–Crippen MR) is 156 cm³/mol. The van der Waals surface area contributed by atoms with Gasteiger partial charge in [0.25, 0.3) is 15.9 Å². The molecule has 0 aliphatic carbocycles. The summed E-state index contributed by atoms with van der Waals surface area (Å²) < 4.78 is 38.8. The van der Waals surface area contributed by atoms with Crippen molar-refractivity contribution in [3.63, 3.8) is 0 Å². The number of nitrogens with one attached hydrogen (secondary N) is 2. The lowest BCUT2D eigenvalue weighted by Crippen LogP contribution is -2.46. The molecule has 0 saturated carbocycles. The number of amides is 1. The minimum Gasteiger partial charge on any atom is -0.493 e. The second-order valence-corrected chi connectivity index (χ2v) is 12.0. The lowest BCUT2D eigenvalue weighted by molar-refractivity contribution is 0.0689. The zero-order valence-corrected chi connectivity index (χ0v) is 24.6. The first-order valence-electron chi connectivity index (χ1n) is 14.0. The predicted octanol–water partition coefficient (Wildman–Crippen LogP) is 3.02. The van der Waals surface area contributed by atoms with Crippen LogP contribution in [-0.4, -0.2) is 87.6 Å². The van der Waals surface area contributed by atoms with Gasteiger partial charge in [-0.25, -0.2) is 18.1 Å². The quantitative estimate of drug-likeness (QED) is 0.313. The number of hydrogen-bond acceptors (Lipinski definition) is 8. The summed E-state index contributed by atoms with van der Waals surface area (Å²) in [6, 6.07) is 11.4. The highest BCUT2D eigenvalue weighted by atomic mass is 32.2. The molecule has 2 aliphatic heterocycles. The Bertz CT molecular complexity index is 1450. The summed E-state index contributed by atoms with van der Waals surface area (Å²) in [6.45, 7) is 7.77. The van der Waals surface area contributed by atoms with E-state index in [-0.39, 0.29) is 23.5 Å². The molecule has 3 heterocycles. The van der Waals surface area contributed by atoms with Crippen molar-refractivity contribution in [1.82, 2.24) is 24.5 Å². The molecule has 220 valence electrons. The number of benzene rings is 2. The van der Waals surface area contributed by atoms with E-state index in [0.29, 0.717) is 30.9 Å². The molecular weight excluding hydrogens is 544 g/mol. The molecule has 0 bridgehead atoms. The summed E-state index contributed by atoms with van der Waals surface area (Å²) in [6.07, 6.45) is 3.66. The van der Waals surface area contributed by atoms with E-state index in [9.17, 15) is 13.2 Å². The lowest BCUT2D eigenvalue weighted by Gasteiger charge is -2.36. The van der Waals surface area contributed by atoms with Crippen LogP contribution in [0.2, 0.25) is 0 Å². The third kappa shape index (κ3) is 6.04. The van der Waals surface area contributed by atoms with Crippen molar-refractivity contribution in [2.75, 3.05) is 58.4 Å². The van der Waals surface area contributed by atoms with Crippen molar-refractivity contribution in [3.8, 4) is 11.5 Å². The van der Waals surface area contributed by atoms with Crippen molar-refractivity contribution in [2.24, 2.45) is 0 Å². The van der Waals surface area contributed by atoms with E-state index in [0.717, 1.165) is 55.1 Å². The van der Waals surface area contributed by atoms with Gasteiger partial charge in [-0.05, 0) is 49.2 Å². The first-order chi connectivity index (χ1) is 19.9. The van der Waals surface area contributed by atoms with Crippen LogP contribution < -0.4 is 19.1 Å². The van der Waals surface area contributed by atoms with E-state index in [1.807, 2.05) is 35.2 Å². The van der Waals surface area contributed by atoms with Crippen LogP contribution >= 0.6 is 0 Å². The number of aromatic nitrogens is 2. The number of carbonyl (C=O) groups is 1. The highest BCUT2D eigenvalue weighted by Gasteiger charge is 2.36. The van der Waals surface area contributed by atoms with E-state index in [1.165, 1.54) is 12.5 Å². The number of rotatable bonds is 12. The molecule has 5 rings (SSSR count). The maximum atomic E-state index is 13.9. The van der Waals surface area contributed by atoms with Crippen molar-refractivity contribution in [1.29, 1.82) is 0 Å². The molecule has 2 N–H and O–H groups in total. The normalized spacial score (nSPS) is 16.6. The third-order valence-corrected chi connectivity index (χ3v) is 9.40. The summed E-state index contributed by atoms with van der Waals surface area (Å²) in [5.74, 6) is 1.16. The molecule has 2 aromatic carbocycles. The number of methoxy groups -OCH3 is 2. The van der Waals surface area contributed by atoms with Crippen LogP contribution in [-0.2, 0) is 16.6 Å². The van der Waals surface area contributed by atoms with Crippen LogP contribution in [0.3, 0.4) is 0 Å². The van der Waals surface area contributed by atoms with E-state index in [2.05, 4.69) is 37.5 Å². The highest BCUT2D eigenvalue weighted by Crippen LogP contribution is 2.40. The Kier molecular flexibility index (Phi) is 8.81. The Morgan fingerprint density at radius 1 is 1.07 bits per heavy atom. The number of ether oxygens (including phenoxy) is 2. The van der Waals surface area contributed by atoms with Gasteiger partial charge in [0.15, 0.2) is 16.5 Å². The summed E-state index contributed by atoms with van der Waals surface area (Å²) >= 11 is 0. The Balaban J connectivity index is 1.39. The number of nitrogens with zero attached hydrogens (tertiary/aromatic N) is 4. The summed E-state index contributed by atoms with van der Waals surface area (Å²) in [5.41, 5.74) is 3.80. The SMILES string of the molecule is CCN1CCN(c2cccc3c2CN([C@H](CCCNS(=O)(=O)c2cnc[nH]2)c2ccc(OC)c(OC)c2)C3=O)CC1. The number of piperazine rings is 1. The highest BCUT2D eigenvalue weighted by molar-refractivity contribution is 7.89. The molecule has 12 heteroatoms. The maximum absolute atomic E-state index is 13.9. The first-order valence-corrected chi connectivity index (χ1v) is 15.4. The minimum atomic E-state index is -3.69. The van der Waals surface area contributed by atoms with Gasteiger partial charge in [-0.3, -0.25) is 4.79 Å². The topological polar surface area (TPSA) is 120 Å². The van der Waals surface area contributed by atoms with Gasteiger partial charge in [0.1, 0.15) is 0 Å².